The molecule has 0 unspecified atom stereocenters. The summed E-state index contributed by atoms with van der Waals surface area (Å²) in [5.74, 6) is 0. The topological polar surface area (TPSA) is 26.0 Å². The largest absolute Gasteiger partial charge is 0.326 e. The highest BCUT2D eigenvalue weighted by Crippen LogP contribution is 2.37. The number of benzene rings is 1. The summed E-state index contributed by atoms with van der Waals surface area (Å²) in [7, 11) is 0.0258. The summed E-state index contributed by atoms with van der Waals surface area (Å²) in [4.78, 5) is 0. The molecule has 0 aliphatic rings. The summed E-state index contributed by atoms with van der Waals surface area (Å²) in [6, 6.07) is 8.78. The summed E-state index contributed by atoms with van der Waals surface area (Å²) < 4.78 is 0. The van der Waals surface area contributed by atoms with Gasteiger partial charge in [-0.15, -0.1) is 0 Å². The second-order valence-corrected chi connectivity index (χ2v) is 6.98. The normalized spacial score (nSPS) is 11.1. The Morgan fingerprint density at radius 3 is 2.12 bits per heavy atom. The van der Waals surface area contributed by atoms with Crippen LogP contribution in [-0.4, -0.2) is 12.3 Å². The molecule has 0 radical (unpaired) electrons. The zero-order chi connectivity index (χ0) is 12.5. The average molecular weight is 251 g/mol. The van der Waals surface area contributed by atoms with Crippen LogP contribution in [0.25, 0.3) is 0 Å². The third-order valence-corrected chi connectivity index (χ3v) is 5.95. The summed E-state index contributed by atoms with van der Waals surface area (Å²) >= 11 is 0. The molecule has 17 heavy (non-hydrogen) atoms. The minimum atomic E-state index is 0.0258. The molecule has 0 aromatic heterocycles. The quantitative estimate of drug-likeness (QED) is 0.698. The molecule has 0 bridgehead atoms. The van der Waals surface area contributed by atoms with E-state index in [1.165, 1.54) is 43.6 Å². The molecule has 0 spiro atoms. The van der Waals surface area contributed by atoms with Gasteiger partial charge in [-0.25, -0.2) is 0 Å². The molecule has 0 saturated heterocycles. The SMILES string of the molecule is CCCCP(CCCC)c1ccccc1CN. The zero-order valence-corrected chi connectivity index (χ0v) is 12.2. The Morgan fingerprint density at radius 1 is 1.00 bits per heavy atom. The van der Waals surface area contributed by atoms with Gasteiger partial charge in [0.1, 0.15) is 0 Å². The minimum absolute atomic E-state index is 0.0258. The Balaban J connectivity index is 2.78. The second-order valence-electron chi connectivity index (χ2n) is 4.53. The molecule has 2 N–H and O–H groups in total. The van der Waals surface area contributed by atoms with Gasteiger partial charge in [0, 0.05) is 6.54 Å². The van der Waals surface area contributed by atoms with Gasteiger partial charge >= 0.3 is 0 Å². The van der Waals surface area contributed by atoms with E-state index in [2.05, 4.69) is 38.1 Å². The predicted molar refractivity (Wildman–Crippen MR) is 80.4 cm³/mol. The molecule has 0 saturated carbocycles. The van der Waals surface area contributed by atoms with E-state index in [0.29, 0.717) is 6.54 Å². The molecule has 1 aromatic rings. The van der Waals surface area contributed by atoms with E-state index in [0.717, 1.165) is 0 Å². The Bertz CT molecular complexity index is 304. The Kier molecular flexibility index (Phi) is 7.48. The van der Waals surface area contributed by atoms with Crippen molar-refractivity contribution in [3.05, 3.63) is 29.8 Å². The van der Waals surface area contributed by atoms with Crippen LogP contribution in [0.15, 0.2) is 24.3 Å². The van der Waals surface area contributed by atoms with E-state index in [9.17, 15) is 0 Å². The minimum Gasteiger partial charge on any atom is -0.326 e. The monoisotopic (exact) mass is 251 g/mol. The first kappa shape index (κ1) is 14.7. The van der Waals surface area contributed by atoms with Gasteiger partial charge in [-0.1, -0.05) is 58.9 Å². The highest BCUT2D eigenvalue weighted by molar-refractivity contribution is 7.65. The van der Waals surface area contributed by atoms with Gasteiger partial charge in [-0.05, 0) is 36.0 Å². The summed E-state index contributed by atoms with van der Waals surface area (Å²) in [6.45, 7) is 5.25. The fraction of sp³-hybridized carbons (Fsp3) is 0.600. The molecular weight excluding hydrogens is 225 g/mol. The van der Waals surface area contributed by atoms with Crippen LogP contribution in [0.1, 0.15) is 45.1 Å². The molecule has 0 atom stereocenters. The second kappa shape index (κ2) is 8.66. The lowest BCUT2D eigenvalue weighted by molar-refractivity contribution is 0.870. The van der Waals surface area contributed by atoms with Crippen molar-refractivity contribution in [2.45, 2.75) is 46.1 Å². The fourth-order valence-corrected chi connectivity index (χ4v) is 5.01. The molecule has 2 heteroatoms. The zero-order valence-electron chi connectivity index (χ0n) is 11.3. The predicted octanol–water partition coefficient (Wildman–Crippen LogP) is 3.85. The average Bonchev–Trinajstić information content (AvgIpc) is 2.39. The first-order valence-electron chi connectivity index (χ1n) is 6.86. The van der Waals surface area contributed by atoms with E-state index in [-0.39, 0.29) is 7.92 Å². The molecule has 1 aromatic carbocycles. The highest BCUT2D eigenvalue weighted by Gasteiger charge is 2.12. The lowest BCUT2D eigenvalue weighted by Crippen LogP contribution is -2.15. The maximum Gasteiger partial charge on any atom is 0.0184 e. The van der Waals surface area contributed by atoms with E-state index < -0.39 is 0 Å². The number of unbranched alkanes of at least 4 members (excludes halogenated alkanes) is 2. The first-order valence-corrected chi connectivity index (χ1v) is 8.57. The Labute approximate surface area is 108 Å². The van der Waals surface area contributed by atoms with Gasteiger partial charge in [0.2, 0.25) is 0 Å². The lowest BCUT2D eigenvalue weighted by atomic mass is 10.2. The van der Waals surface area contributed by atoms with E-state index in [1.54, 1.807) is 5.30 Å². The van der Waals surface area contributed by atoms with Crippen LogP contribution in [0, 0.1) is 0 Å². The first-order chi connectivity index (χ1) is 8.33. The van der Waals surface area contributed by atoms with Crippen LogP contribution < -0.4 is 11.0 Å². The fourth-order valence-electron chi connectivity index (χ4n) is 2.04. The summed E-state index contributed by atoms with van der Waals surface area (Å²) in [5, 5.41) is 1.56. The molecule has 1 rings (SSSR count). The van der Waals surface area contributed by atoms with Crippen LogP contribution in [0.4, 0.5) is 0 Å². The van der Waals surface area contributed by atoms with Crippen LogP contribution >= 0.6 is 7.92 Å². The third kappa shape index (κ3) is 4.77. The summed E-state index contributed by atoms with van der Waals surface area (Å²) in [6.07, 6.45) is 8.07. The summed E-state index contributed by atoms with van der Waals surface area (Å²) in [5.41, 5.74) is 7.22. The smallest absolute Gasteiger partial charge is 0.0184 e. The molecule has 0 aliphatic heterocycles. The van der Waals surface area contributed by atoms with Crippen LogP contribution in [0.2, 0.25) is 0 Å². The van der Waals surface area contributed by atoms with Gasteiger partial charge in [-0.2, -0.15) is 0 Å². The van der Waals surface area contributed by atoms with Gasteiger partial charge in [-0.3, -0.25) is 0 Å². The van der Waals surface area contributed by atoms with Crippen molar-refractivity contribution in [3.63, 3.8) is 0 Å². The molecule has 1 nitrogen and oxygen atoms in total. The van der Waals surface area contributed by atoms with Gasteiger partial charge in [0.25, 0.3) is 0 Å². The van der Waals surface area contributed by atoms with Crippen molar-refractivity contribution in [2.24, 2.45) is 5.73 Å². The highest BCUT2D eigenvalue weighted by atomic mass is 31.1. The Hall–Kier alpha value is -0.390. The number of nitrogens with two attached hydrogens (primary N) is 1. The standard InChI is InChI=1S/C15H26NP/c1-3-5-11-17(12-6-4-2)15-10-8-7-9-14(15)13-16/h7-10H,3-6,11-13,16H2,1-2H3. The molecule has 0 amide bonds. The maximum absolute atomic E-state index is 5.86. The number of hydrogen-bond acceptors (Lipinski definition) is 1. The van der Waals surface area contributed by atoms with Gasteiger partial charge in [0.15, 0.2) is 0 Å². The molecule has 0 heterocycles. The van der Waals surface area contributed by atoms with E-state index in [4.69, 9.17) is 5.73 Å². The van der Waals surface area contributed by atoms with Crippen molar-refractivity contribution in [2.75, 3.05) is 12.3 Å². The molecule has 0 fully saturated rings. The van der Waals surface area contributed by atoms with Crippen LogP contribution in [0.5, 0.6) is 0 Å². The van der Waals surface area contributed by atoms with Crippen molar-refractivity contribution >= 4 is 13.2 Å². The van der Waals surface area contributed by atoms with Crippen molar-refractivity contribution in [1.29, 1.82) is 0 Å². The maximum atomic E-state index is 5.86. The van der Waals surface area contributed by atoms with E-state index >= 15 is 0 Å². The Morgan fingerprint density at radius 2 is 1.59 bits per heavy atom. The molecule has 96 valence electrons. The van der Waals surface area contributed by atoms with Gasteiger partial charge in [0.05, 0.1) is 0 Å². The van der Waals surface area contributed by atoms with Crippen LogP contribution in [-0.2, 0) is 6.54 Å². The van der Waals surface area contributed by atoms with Gasteiger partial charge < -0.3 is 5.73 Å². The third-order valence-electron chi connectivity index (χ3n) is 3.12. The van der Waals surface area contributed by atoms with E-state index in [1.807, 2.05) is 0 Å². The molecule has 0 aliphatic carbocycles. The number of hydrogen-bond donors (Lipinski definition) is 1. The van der Waals surface area contributed by atoms with Crippen LogP contribution in [0.3, 0.4) is 0 Å². The lowest BCUT2D eigenvalue weighted by Gasteiger charge is -2.20. The number of rotatable bonds is 8. The van der Waals surface area contributed by atoms with Crippen molar-refractivity contribution in [1.82, 2.24) is 0 Å². The van der Waals surface area contributed by atoms with Crippen molar-refractivity contribution in [3.8, 4) is 0 Å². The molecular formula is C15H26NP. The van der Waals surface area contributed by atoms with Crippen molar-refractivity contribution < 1.29 is 0 Å².